The fourth-order valence-corrected chi connectivity index (χ4v) is 3.96. The number of para-hydroxylation sites is 1. The maximum Gasteiger partial charge on any atom is 0.226 e. The van der Waals surface area contributed by atoms with E-state index >= 15 is 0 Å². The van der Waals surface area contributed by atoms with Crippen molar-refractivity contribution >= 4 is 33.3 Å². The van der Waals surface area contributed by atoms with Crippen LogP contribution in [0.5, 0.6) is 11.5 Å². The zero-order valence-corrected chi connectivity index (χ0v) is 17.0. The van der Waals surface area contributed by atoms with Crippen molar-refractivity contribution in [2.24, 2.45) is 0 Å². The first-order valence-corrected chi connectivity index (χ1v) is 10.1. The number of hydrogen-bond acceptors (Lipinski definition) is 5. The van der Waals surface area contributed by atoms with Gasteiger partial charge in [-0.25, -0.2) is 4.98 Å². The van der Waals surface area contributed by atoms with Gasteiger partial charge in [0.25, 0.3) is 0 Å². The Morgan fingerprint density at radius 2 is 1.97 bits per heavy atom. The van der Waals surface area contributed by atoms with Crippen LogP contribution in [0.25, 0.3) is 22.2 Å². The summed E-state index contributed by atoms with van der Waals surface area (Å²) in [7, 11) is 3.20. The number of rotatable bonds is 7. The van der Waals surface area contributed by atoms with E-state index in [0.29, 0.717) is 29.5 Å². The molecule has 0 aliphatic heterocycles. The monoisotopic (exact) mass is 407 g/mol. The van der Waals surface area contributed by atoms with Crippen LogP contribution in [-0.2, 0) is 11.2 Å². The van der Waals surface area contributed by atoms with Crippen molar-refractivity contribution in [2.45, 2.75) is 12.8 Å². The highest BCUT2D eigenvalue weighted by Crippen LogP contribution is 2.33. The minimum absolute atomic E-state index is 0.0523. The third-order valence-corrected chi connectivity index (χ3v) is 5.48. The minimum Gasteiger partial charge on any atom is -0.493 e. The molecule has 0 fully saturated rings. The van der Waals surface area contributed by atoms with E-state index in [4.69, 9.17) is 9.47 Å². The van der Waals surface area contributed by atoms with Crippen molar-refractivity contribution in [1.29, 1.82) is 0 Å². The number of carbonyl (C=O) groups excluding carboxylic acids is 1. The fraction of sp³-hybridized carbons (Fsp3) is 0.182. The van der Waals surface area contributed by atoms with Crippen LogP contribution >= 0.6 is 11.3 Å². The number of amides is 1. The van der Waals surface area contributed by atoms with Crippen LogP contribution in [0.3, 0.4) is 0 Å². The topological polar surface area (TPSA) is 76.2 Å². The van der Waals surface area contributed by atoms with E-state index in [1.165, 1.54) is 11.3 Å². The van der Waals surface area contributed by atoms with Crippen LogP contribution < -0.4 is 14.8 Å². The molecule has 0 unspecified atom stereocenters. The molecule has 0 saturated carbocycles. The van der Waals surface area contributed by atoms with Gasteiger partial charge in [0.15, 0.2) is 16.6 Å². The normalized spacial score (nSPS) is 10.8. The summed E-state index contributed by atoms with van der Waals surface area (Å²) < 4.78 is 10.6. The fourth-order valence-electron chi connectivity index (χ4n) is 3.23. The number of aromatic nitrogens is 2. The molecule has 29 heavy (non-hydrogen) atoms. The number of nitrogens with one attached hydrogen (secondary N) is 2. The molecule has 4 rings (SSSR count). The van der Waals surface area contributed by atoms with Crippen molar-refractivity contribution in [3.63, 3.8) is 0 Å². The number of fused-ring (bicyclic) bond motifs is 1. The molecule has 2 N–H and O–H groups in total. The second-order valence-corrected chi connectivity index (χ2v) is 7.37. The molecule has 2 aromatic carbocycles. The lowest BCUT2D eigenvalue weighted by molar-refractivity contribution is -0.116. The van der Waals surface area contributed by atoms with Gasteiger partial charge in [0.2, 0.25) is 5.91 Å². The van der Waals surface area contributed by atoms with Gasteiger partial charge >= 0.3 is 0 Å². The standard InChI is InChI=1S/C22H21N3O3S/c1-27-19-9-7-14(11-20(19)28-2)18-13-29-22(24-18)25-21(26)10-8-15-12-23-17-6-4-3-5-16(15)17/h3-7,9,11-13,23H,8,10H2,1-2H3,(H,24,25,26). The molecule has 0 bridgehead atoms. The molecule has 1 amide bonds. The number of thiazole rings is 1. The van der Waals surface area contributed by atoms with Gasteiger partial charge in [0.05, 0.1) is 19.9 Å². The zero-order valence-electron chi connectivity index (χ0n) is 16.2. The van der Waals surface area contributed by atoms with Gasteiger partial charge in [-0.2, -0.15) is 0 Å². The molecule has 0 radical (unpaired) electrons. The van der Waals surface area contributed by atoms with Crippen molar-refractivity contribution in [1.82, 2.24) is 9.97 Å². The lowest BCUT2D eigenvalue weighted by Gasteiger charge is -2.08. The summed E-state index contributed by atoms with van der Waals surface area (Å²) in [4.78, 5) is 20.2. The van der Waals surface area contributed by atoms with E-state index in [9.17, 15) is 4.79 Å². The van der Waals surface area contributed by atoms with E-state index in [1.807, 2.05) is 48.0 Å². The molecule has 7 heteroatoms. The molecule has 4 aromatic rings. The quantitative estimate of drug-likeness (QED) is 0.458. The highest BCUT2D eigenvalue weighted by Gasteiger charge is 2.12. The second kappa shape index (κ2) is 8.36. The molecule has 0 saturated heterocycles. The summed E-state index contributed by atoms with van der Waals surface area (Å²) in [6, 6.07) is 13.7. The number of anilines is 1. The molecule has 148 valence electrons. The first-order valence-electron chi connectivity index (χ1n) is 9.20. The number of aryl methyl sites for hydroxylation is 1. The Labute approximate surface area is 172 Å². The highest BCUT2D eigenvalue weighted by molar-refractivity contribution is 7.14. The Morgan fingerprint density at radius 1 is 1.14 bits per heavy atom. The average molecular weight is 407 g/mol. The minimum atomic E-state index is -0.0523. The second-order valence-electron chi connectivity index (χ2n) is 6.52. The maximum absolute atomic E-state index is 12.4. The SMILES string of the molecule is COc1ccc(-c2csc(NC(=O)CCc3c[nH]c4ccccc34)n2)cc1OC. The number of carbonyl (C=O) groups is 1. The van der Waals surface area contributed by atoms with E-state index < -0.39 is 0 Å². The molecule has 0 aliphatic carbocycles. The number of benzene rings is 2. The van der Waals surface area contributed by atoms with E-state index in [0.717, 1.165) is 27.7 Å². The van der Waals surface area contributed by atoms with E-state index in [1.54, 1.807) is 14.2 Å². The molecule has 0 atom stereocenters. The predicted molar refractivity (Wildman–Crippen MR) is 116 cm³/mol. The van der Waals surface area contributed by atoms with Crippen molar-refractivity contribution in [2.75, 3.05) is 19.5 Å². The highest BCUT2D eigenvalue weighted by atomic mass is 32.1. The Bertz CT molecular complexity index is 1150. The first kappa shape index (κ1) is 19.0. The van der Waals surface area contributed by atoms with Gasteiger partial charge in [0.1, 0.15) is 0 Å². The van der Waals surface area contributed by atoms with Gasteiger partial charge in [-0.3, -0.25) is 4.79 Å². The lowest BCUT2D eigenvalue weighted by atomic mass is 10.1. The Balaban J connectivity index is 1.40. The summed E-state index contributed by atoms with van der Waals surface area (Å²) in [6.07, 6.45) is 3.04. The summed E-state index contributed by atoms with van der Waals surface area (Å²) in [6.45, 7) is 0. The van der Waals surface area contributed by atoms with Crippen LogP contribution in [0.15, 0.2) is 54.0 Å². The maximum atomic E-state index is 12.4. The Morgan fingerprint density at radius 3 is 2.79 bits per heavy atom. The zero-order chi connectivity index (χ0) is 20.2. The van der Waals surface area contributed by atoms with Crippen molar-refractivity contribution in [3.8, 4) is 22.8 Å². The largest absolute Gasteiger partial charge is 0.493 e. The van der Waals surface area contributed by atoms with E-state index in [2.05, 4.69) is 21.4 Å². The lowest BCUT2D eigenvalue weighted by Crippen LogP contribution is -2.12. The number of nitrogens with zero attached hydrogens (tertiary/aromatic N) is 1. The number of hydrogen-bond donors (Lipinski definition) is 2. The summed E-state index contributed by atoms with van der Waals surface area (Å²) in [5, 5.41) is 6.55. The third-order valence-electron chi connectivity index (χ3n) is 4.73. The number of aromatic amines is 1. The third kappa shape index (κ3) is 4.09. The molecule has 2 aromatic heterocycles. The van der Waals surface area contributed by atoms with Gasteiger partial charge in [0, 0.05) is 34.5 Å². The molecular weight excluding hydrogens is 386 g/mol. The van der Waals surface area contributed by atoms with Crippen LogP contribution in [0.4, 0.5) is 5.13 Å². The molecule has 6 nitrogen and oxygen atoms in total. The van der Waals surface area contributed by atoms with Gasteiger partial charge in [-0.1, -0.05) is 18.2 Å². The number of H-pyrrole nitrogens is 1. The van der Waals surface area contributed by atoms with Crippen LogP contribution in [0.2, 0.25) is 0 Å². The van der Waals surface area contributed by atoms with Gasteiger partial charge < -0.3 is 19.8 Å². The summed E-state index contributed by atoms with van der Waals surface area (Å²) in [5.74, 6) is 1.25. The van der Waals surface area contributed by atoms with Crippen LogP contribution in [0, 0.1) is 0 Å². The number of ether oxygens (including phenoxy) is 2. The Hall–Kier alpha value is -3.32. The van der Waals surface area contributed by atoms with Crippen molar-refractivity contribution < 1.29 is 14.3 Å². The van der Waals surface area contributed by atoms with Gasteiger partial charge in [-0.05, 0) is 36.2 Å². The molecule has 0 aliphatic rings. The predicted octanol–water partition coefficient (Wildman–Crippen LogP) is 4.88. The van der Waals surface area contributed by atoms with Crippen LogP contribution in [-0.4, -0.2) is 30.1 Å². The Kier molecular flexibility index (Phi) is 5.48. The summed E-state index contributed by atoms with van der Waals surface area (Å²) in [5.41, 5.74) is 3.91. The number of methoxy groups -OCH3 is 2. The molecule has 0 spiro atoms. The van der Waals surface area contributed by atoms with E-state index in [-0.39, 0.29) is 5.91 Å². The first-order chi connectivity index (χ1) is 14.2. The molecular formula is C22H21N3O3S. The average Bonchev–Trinajstić information content (AvgIpc) is 3.39. The van der Waals surface area contributed by atoms with Crippen molar-refractivity contribution in [3.05, 3.63) is 59.6 Å². The van der Waals surface area contributed by atoms with Crippen LogP contribution in [0.1, 0.15) is 12.0 Å². The molecule has 2 heterocycles. The summed E-state index contributed by atoms with van der Waals surface area (Å²) >= 11 is 1.40. The van der Waals surface area contributed by atoms with Gasteiger partial charge in [-0.15, -0.1) is 11.3 Å². The smallest absolute Gasteiger partial charge is 0.226 e.